The summed E-state index contributed by atoms with van der Waals surface area (Å²) in [6.45, 7) is 4.92. The smallest absolute Gasteiger partial charge is 0.224 e. The highest BCUT2D eigenvalue weighted by Crippen LogP contribution is 2.30. The predicted octanol–water partition coefficient (Wildman–Crippen LogP) is 3.06. The summed E-state index contributed by atoms with van der Waals surface area (Å²) in [6.07, 6.45) is 12.0. The van der Waals surface area contributed by atoms with Crippen molar-refractivity contribution in [3.05, 3.63) is 48.8 Å². The summed E-state index contributed by atoms with van der Waals surface area (Å²) >= 11 is 0. The van der Waals surface area contributed by atoms with Gasteiger partial charge in [0.2, 0.25) is 5.88 Å². The second-order valence-electron chi connectivity index (χ2n) is 7.91. The minimum Gasteiger partial charge on any atom is -0.474 e. The lowest BCUT2D eigenvalue weighted by atomic mass is 10.1. The number of nitrogens with zero attached hydrogens (tertiary/aromatic N) is 6. The van der Waals surface area contributed by atoms with Crippen molar-refractivity contribution in [1.82, 2.24) is 24.8 Å². The van der Waals surface area contributed by atoms with E-state index in [1.165, 1.54) is 18.5 Å². The van der Waals surface area contributed by atoms with Gasteiger partial charge in [-0.15, -0.1) is 0 Å². The molecule has 1 saturated carbocycles. The summed E-state index contributed by atoms with van der Waals surface area (Å²) in [5.41, 5.74) is 3.32. The number of benzene rings is 1. The third-order valence-electron chi connectivity index (χ3n) is 5.92. The minimum atomic E-state index is 0.294. The van der Waals surface area contributed by atoms with Gasteiger partial charge >= 0.3 is 0 Å². The average molecular weight is 390 g/mol. The first kappa shape index (κ1) is 18.2. The number of piperazine rings is 1. The maximum Gasteiger partial charge on any atom is 0.224 e. The molecular formula is C22H26N6O. The predicted molar refractivity (Wildman–Crippen MR) is 112 cm³/mol. The van der Waals surface area contributed by atoms with Gasteiger partial charge < -0.3 is 9.64 Å². The SMILES string of the molecule is c1ncc(CN2CCN(c3ccc4ncnc(OC5CCCC5)c4c3)CC2)cn1. The fourth-order valence-corrected chi connectivity index (χ4v) is 4.31. The summed E-state index contributed by atoms with van der Waals surface area (Å²) in [5, 5.41) is 1.01. The van der Waals surface area contributed by atoms with E-state index < -0.39 is 0 Å². The molecule has 0 bridgehead atoms. The zero-order valence-electron chi connectivity index (χ0n) is 16.6. The molecule has 0 unspecified atom stereocenters. The Kier molecular flexibility index (Phi) is 5.21. The van der Waals surface area contributed by atoms with E-state index in [1.807, 2.05) is 12.4 Å². The van der Waals surface area contributed by atoms with Crippen LogP contribution in [0.3, 0.4) is 0 Å². The van der Waals surface area contributed by atoms with Crippen LogP contribution in [0.1, 0.15) is 31.2 Å². The van der Waals surface area contributed by atoms with E-state index in [-0.39, 0.29) is 0 Å². The first-order valence-corrected chi connectivity index (χ1v) is 10.5. The molecule has 0 atom stereocenters. The number of anilines is 1. The summed E-state index contributed by atoms with van der Waals surface area (Å²) in [7, 11) is 0. The number of hydrogen-bond donors (Lipinski definition) is 0. The van der Waals surface area contributed by atoms with Crippen LogP contribution in [0.25, 0.3) is 10.9 Å². The van der Waals surface area contributed by atoms with Crippen LogP contribution in [0.15, 0.2) is 43.2 Å². The number of fused-ring (bicyclic) bond motifs is 1. The van der Waals surface area contributed by atoms with Crippen molar-refractivity contribution in [1.29, 1.82) is 0 Å². The topological polar surface area (TPSA) is 67.3 Å². The Morgan fingerprint density at radius 3 is 2.52 bits per heavy atom. The van der Waals surface area contributed by atoms with Gasteiger partial charge in [-0.1, -0.05) is 0 Å². The Hall–Kier alpha value is -2.80. The largest absolute Gasteiger partial charge is 0.474 e. The Labute approximate surface area is 170 Å². The summed E-state index contributed by atoms with van der Waals surface area (Å²) < 4.78 is 6.22. The third kappa shape index (κ3) is 4.15. The van der Waals surface area contributed by atoms with Gasteiger partial charge in [-0.05, 0) is 43.9 Å². The maximum atomic E-state index is 6.22. The lowest BCUT2D eigenvalue weighted by Crippen LogP contribution is -2.46. The molecule has 0 spiro atoms. The van der Waals surface area contributed by atoms with Crippen LogP contribution in [0, 0.1) is 0 Å². The summed E-state index contributed by atoms with van der Waals surface area (Å²) in [4.78, 5) is 22.0. The van der Waals surface area contributed by atoms with E-state index in [9.17, 15) is 0 Å². The van der Waals surface area contributed by atoms with Crippen LogP contribution in [0.5, 0.6) is 5.88 Å². The minimum absolute atomic E-state index is 0.294. The van der Waals surface area contributed by atoms with E-state index in [1.54, 1.807) is 12.7 Å². The van der Waals surface area contributed by atoms with Crippen molar-refractivity contribution in [2.45, 2.75) is 38.3 Å². The zero-order chi connectivity index (χ0) is 19.5. The van der Waals surface area contributed by atoms with Crippen LogP contribution >= 0.6 is 0 Å². The van der Waals surface area contributed by atoms with Crippen molar-refractivity contribution in [2.24, 2.45) is 0 Å². The van der Waals surface area contributed by atoms with Gasteiger partial charge in [-0.2, -0.15) is 0 Å². The van der Waals surface area contributed by atoms with E-state index in [4.69, 9.17) is 4.74 Å². The lowest BCUT2D eigenvalue weighted by molar-refractivity contribution is 0.204. The monoisotopic (exact) mass is 390 g/mol. The highest BCUT2D eigenvalue weighted by Gasteiger charge is 2.21. The van der Waals surface area contributed by atoms with Crippen molar-refractivity contribution in [3.63, 3.8) is 0 Å². The van der Waals surface area contributed by atoms with Crippen LogP contribution in [-0.4, -0.2) is 57.1 Å². The molecule has 0 N–H and O–H groups in total. The number of aromatic nitrogens is 4. The molecule has 2 aromatic heterocycles. The number of ether oxygens (including phenoxy) is 1. The van der Waals surface area contributed by atoms with E-state index in [0.29, 0.717) is 6.10 Å². The molecule has 1 aromatic carbocycles. The van der Waals surface area contributed by atoms with Gasteiger partial charge in [0.15, 0.2) is 0 Å². The summed E-state index contributed by atoms with van der Waals surface area (Å²) in [5.74, 6) is 0.728. The lowest BCUT2D eigenvalue weighted by Gasteiger charge is -2.36. The molecule has 0 amide bonds. The van der Waals surface area contributed by atoms with Gasteiger partial charge in [-0.3, -0.25) is 4.90 Å². The van der Waals surface area contributed by atoms with Crippen molar-refractivity contribution < 1.29 is 4.74 Å². The van der Waals surface area contributed by atoms with Crippen LogP contribution in [-0.2, 0) is 6.54 Å². The van der Waals surface area contributed by atoms with Crippen molar-refractivity contribution >= 4 is 16.6 Å². The average Bonchev–Trinajstić information content (AvgIpc) is 3.28. The standard InChI is InChI=1S/C22H26N6O/c1-2-4-19(3-1)29-22-20-11-18(5-6-21(20)25-16-26-22)28-9-7-27(8-10-28)14-17-12-23-15-24-13-17/h5-6,11-13,15-16,19H,1-4,7-10,14H2. The maximum absolute atomic E-state index is 6.22. The molecule has 5 rings (SSSR count). The molecule has 2 aliphatic rings. The first-order valence-electron chi connectivity index (χ1n) is 10.5. The Balaban J connectivity index is 1.29. The van der Waals surface area contributed by atoms with E-state index >= 15 is 0 Å². The second-order valence-corrected chi connectivity index (χ2v) is 7.91. The molecule has 150 valence electrons. The van der Waals surface area contributed by atoms with Crippen LogP contribution in [0.4, 0.5) is 5.69 Å². The van der Waals surface area contributed by atoms with Gasteiger partial charge in [0.05, 0.1) is 10.9 Å². The number of hydrogen-bond acceptors (Lipinski definition) is 7. The molecule has 29 heavy (non-hydrogen) atoms. The normalized spacial score (nSPS) is 18.4. The molecule has 1 aliphatic heterocycles. The van der Waals surface area contributed by atoms with Gasteiger partial charge in [0, 0.05) is 56.4 Å². The van der Waals surface area contributed by atoms with Gasteiger partial charge in [-0.25, -0.2) is 19.9 Å². The molecule has 3 heterocycles. The summed E-state index contributed by atoms with van der Waals surface area (Å²) in [6, 6.07) is 6.44. The molecular weight excluding hydrogens is 364 g/mol. The van der Waals surface area contributed by atoms with E-state index in [0.717, 1.165) is 67.9 Å². The molecule has 7 nitrogen and oxygen atoms in total. The van der Waals surface area contributed by atoms with Crippen molar-refractivity contribution in [2.75, 3.05) is 31.1 Å². The highest BCUT2D eigenvalue weighted by molar-refractivity contribution is 5.86. The molecule has 1 saturated heterocycles. The third-order valence-corrected chi connectivity index (χ3v) is 5.92. The Morgan fingerprint density at radius 1 is 0.931 bits per heavy atom. The molecule has 0 radical (unpaired) electrons. The van der Waals surface area contributed by atoms with Crippen LogP contribution < -0.4 is 9.64 Å². The van der Waals surface area contributed by atoms with Gasteiger partial charge in [0.25, 0.3) is 0 Å². The Morgan fingerprint density at radius 2 is 1.72 bits per heavy atom. The van der Waals surface area contributed by atoms with Gasteiger partial charge in [0.1, 0.15) is 18.8 Å². The Bertz CT molecular complexity index is 952. The van der Waals surface area contributed by atoms with Crippen LogP contribution in [0.2, 0.25) is 0 Å². The molecule has 7 heteroatoms. The fraction of sp³-hybridized carbons (Fsp3) is 0.455. The first-order chi connectivity index (χ1) is 14.3. The molecule has 2 fully saturated rings. The zero-order valence-corrected chi connectivity index (χ0v) is 16.6. The van der Waals surface area contributed by atoms with Crippen molar-refractivity contribution in [3.8, 4) is 5.88 Å². The second kappa shape index (κ2) is 8.29. The molecule has 3 aromatic rings. The molecule has 1 aliphatic carbocycles. The van der Waals surface area contributed by atoms with E-state index in [2.05, 4.69) is 47.9 Å². The fourth-order valence-electron chi connectivity index (χ4n) is 4.31. The highest BCUT2D eigenvalue weighted by atomic mass is 16.5. The number of rotatable bonds is 5. The quantitative estimate of drug-likeness (QED) is 0.663.